The second-order valence-electron chi connectivity index (χ2n) is 6.12. The minimum Gasteiger partial charge on any atom is -0.314 e. The van der Waals surface area contributed by atoms with Crippen LogP contribution in [0.3, 0.4) is 0 Å². The quantitative estimate of drug-likeness (QED) is 0.805. The SMILES string of the molecule is Fc1cc(CN2CCNCC2c2cccnc2)c2ncccc2c1. The molecule has 1 fully saturated rings. The number of fused-ring (bicyclic) bond motifs is 1. The third-order valence-corrected chi connectivity index (χ3v) is 4.55. The molecule has 0 aliphatic carbocycles. The van der Waals surface area contributed by atoms with Crippen LogP contribution in [0, 0.1) is 5.82 Å². The van der Waals surface area contributed by atoms with Crippen molar-refractivity contribution in [1.29, 1.82) is 0 Å². The molecule has 24 heavy (non-hydrogen) atoms. The molecular formula is C19H19FN4. The van der Waals surface area contributed by atoms with Gasteiger partial charge in [0.25, 0.3) is 0 Å². The minimum atomic E-state index is -0.210. The summed E-state index contributed by atoms with van der Waals surface area (Å²) in [5.74, 6) is -0.210. The zero-order chi connectivity index (χ0) is 16.4. The van der Waals surface area contributed by atoms with Crippen LogP contribution in [-0.2, 0) is 6.54 Å². The summed E-state index contributed by atoms with van der Waals surface area (Å²) >= 11 is 0. The summed E-state index contributed by atoms with van der Waals surface area (Å²) in [7, 11) is 0. The second-order valence-corrected chi connectivity index (χ2v) is 6.12. The van der Waals surface area contributed by atoms with Gasteiger partial charge in [-0.2, -0.15) is 0 Å². The van der Waals surface area contributed by atoms with Crippen LogP contribution in [0.5, 0.6) is 0 Å². The zero-order valence-electron chi connectivity index (χ0n) is 13.3. The normalized spacial score (nSPS) is 18.8. The standard InChI is InChI=1S/C19H19FN4/c20-17-9-14-3-2-6-23-19(14)16(10-17)13-24-8-7-22-12-18(24)15-4-1-5-21-11-15/h1-6,9-11,18,22H,7-8,12-13H2. The van der Waals surface area contributed by atoms with Crippen molar-refractivity contribution in [2.45, 2.75) is 12.6 Å². The van der Waals surface area contributed by atoms with Gasteiger partial charge in [-0.15, -0.1) is 0 Å². The largest absolute Gasteiger partial charge is 0.314 e. The predicted molar refractivity (Wildman–Crippen MR) is 92.0 cm³/mol. The number of rotatable bonds is 3. The molecule has 3 heterocycles. The molecule has 1 aromatic carbocycles. The maximum Gasteiger partial charge on any atom is 0.124 e. The molecule has 0 saturated carbocycles. The highest BCUT2D eigenvalue weighted by molar-refractivity contribution is 5.81. The van der Waals surface area contributed by atoms with Gasteiger partial charge in [0.1, 0.15) is 5.82 Å². The fourth-order valence-electron chi connectivity index (χ4n) is 3.40. The van der Waals surface area contributed by atoms with Gasteiger partial charge in [-0.05, 0) is 35.4 Å². The summed E-state index contributed by atoms with van der Waals surface area (Å²) in [6.45, 7) is 3.38. The Morgan fingerprint density at radius 1 is 1.21 bits per heavy atom. The van der Waals surface area contributed by atoms with Crippen LogP contribution in [0.4, 0.5) is 4.39 Å². The highest BCUT2D eigenvalue weighted by Gasteiger charge is 2.24. The lowest BCUT2D eigenvalue weighted by Gasteiger charge is -2.36. The maximum absolute atomic E-state index is 14.0. The first-order valence-corrected chi connectivity index (χ1v) is 8.19. The molecule has 1 unspecified atom stereocenters. The van der Waals surface area contributed by atoms with Gasteiger partial charge in [0.2, 0.25) is 0 Å². The Kier molecular flexibility index (Phi) is 4.19. The summed E-state index contributed by atoms with van der Waals surface area (Å²) in [6, 6.07) is 11.2. The first-order chi connectivity index (χ1) is 11.8. The molecule has 1 aliphatic heterocycles. The lowest BCUT2D eigenvalue weighted by Crippen LogP contribution is -2.45. The number of nitrogens with zero attached hydrogens (tertiary/aromatic N) is 3. The van der Waals surface area contributed by atoms with Crippen molar-refractivity contribution in [1.82, 2.24) is 20.2 Å². The Bertz CT molecular complexity index is 837. The van der Waals surface area contributed by atoms with E-state index in [4.69, 9.17) is 0 Å². The van der Waals surface area contributed by atoms with Crippen LogP contribution in [0.1, 0.15) is 17.2 Å². The number of aromatic nitrogens is 2. The molecule has 1 N–H and O–H groups in total. The van der Waals surface area contributed by atoms with E-state index in [1.165, 1.54) is 5.56 Å². The molecule has 2 aromatic heterocycles. The molecule has 0 bridgehead atoms. The van der Waals surface area contributed by atoms with Crippen LogP contribution < -0.4 is 5.32 Å². The van der Waals surface area contributed by atoms with Gasteiger partial charge in [-0.1, -0.05) is 12.1 Å². The van der Waals surface area contributed by atoms with Crippen LogP contribution in [0.25, 0.3) is 10.9 Å². The van der Waals surface area contributed by atoms with Gasteiger partial charge in [-0.3, -0.25) is 14.9 Å². The topological polar surface area (TPSA) is 41.0 Å². The van der Waals surface area contributed by atoms with Crippen LogP contribution >= 0.6 is 0 Å². The van der Waals surface area contributed by atoms with Crippen molar-refractivity contribution in [2.75, 3.05) is 19.6 Å². The smallest absolute Gasteiger partial charge is 0.124 e. The van der Waals surface area contributed by atoms with Crippen molar-refractivity contribution in [3.05, 3.63) is 71.9 Å². The Morgan fingerprint density at radius 3 is 3.00 bits per heavy atom. The second kappa shape index (κ2) is 6.63. The summed E-state index contributed by atoms with van der Waals surface area (Å²) < 4.78 is 14.0. The molecule has 0 amide bonds. The van der Waals surface area contributed by atoms with Gasteiger partial charge in [0.05, 0.1) is 5.52 Å². The van der Waals surface area contributed by atoms with Crippen LogP contribution in [0.15, 0.2) is 55.0 Å². The zero-order valence-corrected chi connectivity index (χ0v) is 13.3. The fourth-order valence-corrected chi connectivity index (χ4v) is 3.40. The van der Waals surface area contributed by atoms with Gasteiger partial charge < -0.3 is 5.32 Å². The number of pyridine rings is 2. The van der Waals surface area contributed by atoms with Crippen molar-refractivity contribution in [2.24, 2.45) is 0 Å². The molecular weight excluding hydrogens is 303 g/mol. The predicted octanol–water partition coefficient (Wildman–Crippen LogP) is 2.92. The van der Waals surface area contributed by atoms with Gasteiger partial charge >= 0.3 is 0 Å². The molecule has 3 aromatic rings. The Hall–Kier alpha value is -2.37. The molecule has 0 spiro atoms. The summed E-state index contributed by atoms with van der Waals surface area (Å²) in [5, 5.41) is 4.29. The summed E-state index contributed by atoms with van der Waals surface area (Å²) in [4.78, 5) is 11.1. The molecule has 5 heteroatoms. The van der Waals surface area contributed by atoms with Gasteiger partial charge in [0.15, 0.2) is 0 Å². The molecule has 0 radical (unpaired) electrons. The summed E-state index contributed by atoms with van der Waals surface area (Å²) in [5.41, 5.74) is 2.99. The van der Waals surface area contributed by atoms with Crippen molar-refractivity contribution in [3.8, 4) is 0 Å². The van der Waals surface area contributed by atoms with E-state index in [1.807, 2.05) is 24.4 Å². The minimum absolute atomic E-state index is 0.210. The molecule has 1 saturated heterocycles. The third-order valence-electron chi connectivity index (χ3n) is 4.55. The molecule has 4 nitrogen and oxygen atoms in total. The van der Waals surface area contributed by atoms with Crippen molar-refractivity contribution in [3.63, 3.8) is 0 Å². The first kappa shape index (κ1) is 15.2. The number of hydrogen-bond acceptors (Lipinski definition) is 4. The number of halogens is 1. The highest BCUT2D eigenvalue weighted by atomic mass is 19.1. The van der Waals surface area contributed by atoms with Crippen molar-refractivity contribution < 1.29 is 4.39 Å². The Labute approximate surface area is 140 Å². The summed E-state index contributed by atoms with van der Waals surface area (Å²) in [6.07, 6.45) is 5.46. The number of hydrogen-bond donors (Lipinski definition) is 1. The molecule has 122 valence electrons. The van der Waals surface area contributed by atoms with E-state index in [0.717, 1.165) is 36.1 Å². The molecule has 4 rings (SSSR count). The van der Waals surface area contributed by atoms with Crippen LogP contribution in [0.2, 0.25) is 0 Å². The maximum atomic E-state index is 14.0. The van der Waals surface area contributed by atoms with Crippen LogP contribution in [-0.4, -0.2) is 34.5 Å². The lowest BCUT2D eigenvalue weighted by atomic mass is 10.0. The lowest BCUT2D eigenvalue weighted by molar-refractivity contribution is 0.154. The van der Waals surface area contributed by atoms with E-state index in [0.29, 0.717) is 6.54 Å². The van der Waals surface area contributed by atoms with Crippen molar-refractivity contribution >= 4 is 10.9 Å². The van der Waals surface area contributed by atoms with E-state index < -0.39 is 0 Å². The molecule has 1 atom stereocenters. The average molecular weight is 322 g/mol. The average Bonchev–Trinajstić information content (AvgIpc) is 2.63. The monoisotopic (exact) mass is 322 g/mol. The van der Waals surface area contributed by atoms with Gasteiger partial charge in [0, 0.05) is 56.2 Å². The number of benzene rings is 1. The highest BCUT2D eigenvalue weighted by Crippen LogP contribution is 2.26. The fraction of sp³-hybridized carbons (Fsp3) is 0.263. The van der Waals surface area contributed by atoms with E-state index in [2.05, 4.69) is 26.3 Å². The number of nitrogens with one attached hydrogen (secondary N) is 1. The number of piperazine rings is 1. The Balaban J connectivity index is 1.68. The van der Waals surface area contributed by atoms with E-state index in [-0.39, 0.29) is 11.9 Å². The van der Waals surface area contributed by atoms with Gasteiger partial charge in [-0.25, -0.2) is 4.39 Å². The van der Waals surface area contributed by atoms with E-state index >= 15 is 0 Å². The third kappa shape index (κ3) is 3.00. The Morgan fingerprint density at radius 2 is 2.12 bits per heavy atom. The van der Waals surface area contributed by atoms with E-state index in [1.54, 1.807) is 24.5 Å². The first-order valence-electron chi connectivity index (χ1n) is 8.19. The molecule has 1 aliphatic rings. The van der Waals surface area contributed by atoms with E-state index in [9.17, 15) is 4.39 Å².